The molecule has 0 bridgehead atoms. The van der Waals surface area contributed by atoms with E-state index in [9.17, 15) is 4.79 Å². The number of aryl methyl sites for hydroxylation is 1. The van der Waals surface area contributed by atoms with E-state index >= 15 is 0 Å². The van der Waals surface area contributed by atoms with E-state index in [-0.39, 0.29) is 5.91 Å². The van der Waals surface area contributed by atoms with Gasteiger partial charge in [0, 0.05) is 6.42 Å². The van der Waals surface area contributed by atoms with Gasteiger partial charge in [0.05, 0.1) is 6.20 Å². The minimum atomic E-state index is -0.0464. The van der Waals surface area contributed by atoms with Gasteiger partial charge in [-0.25, -0.2) is 0 Å². The Labute approximate surface area is 84.7 Å². The Balaban J connectivity index is 0.000000791. The minimum Gasteiger partial charge on any atom is -0.309 e. The molecule has 1 rings (SSSR count). The quantitative estimate of drug-likeness (QED) is 0.786. The smallest absolute Gasteiger partial charge is 0.225 e. The summed E-state index contributed by atoms with van der Waals surface area (Å²) in [6, 6.07) is 1.78. The molecule has 78 valence electrons. The number of carbonyl (C=O) groups is 1. The second kappa shape index (κ2) is 7.00. The molecule has 1 aromatic rings. The second-order valence-corrected chi connectivity index (χ2v) is 2.52. The molecule has 1 aromatic heterocycles. The number of rotatable bonds is 2. The van der Waals surface area contributed by atoms with E-state index in [4.69, 9.17) is 0 Å². The summed E-state index contributed by atoms with van der Waals surface area (Å²) < 4.78 is 0. The van der Waals surface area contributed by atoms with Crippen molar-refractivity contribution in [1.82, 2.24) is 10.2 Å². The van der Waals surface area contributed by atoms with Gasteiger partial charge in [0.15, 0.2) is 5.82 Å². The summed E-state index contributed by atoms with van der Waals surface area (Å²) in [7, 11) is 0. The standard InChI is InChI=1S/C8H11N3O.C2H6/c1-3-8(12)10-7-4-6(2)5-9-11-7;1-2/h4-5H,3H2,1-2H3,(H,10,11,12);1-2H3. The third kappa shape index (κ3) is 4.54. The van der Waals surface area contributed by atoms with Gasteiger partial charge in [-0.1, -0.05) is 20.8 Å². The first kappa shape index (κ1) is 12.6. The molecule has 4 nitrogen and oxygen atoms in total. The van der Waals surface area contributed by atoms with Crippen LogP contribution in [0.5, 0.6) is 0 Å². The van der Waals surface area contributed by atoms with Crippen LogP contribution < -0.4 is 5.32 Å². The fourth-order valence-electron chi connectivity index (χ4n) is 0.756. The van der Waals surface area contributed by atoms with Crippen molar-refractivity contribution < 1.29 is 4.79 Å². The molecule has 1 heterocycles. The Hall–Kier alpha value is -1.45. The van der Waals surface area contributed by atoms with Crippen LogP contribution in [0.2, 0.25) is 0 Å². The Kier molecular flexibility index (Phi) is 6.28. The van der Waals surface area contributed by atoms with Crippen molar-refractivity contribution in [3.8, 4) is 0 Å². The number of amides is 1. The van der Waals surface area contributed by atoms with Crippen molar-refractivity contribution in [2.24, 2.45) is 0 Å². The van der Waals surface area contributed by atoms with E-state index in [1.165, 1.54) is 0 Å². The van der Waals surface area contributed by atoms with E-state index in [0.29, 0.717) is 12.2 Å². The fourth-order valence-corrected chi connectivity index (χ4v) is 0.756. The van der Waals surface area contributed by atoms with Crippen LogP contribution in [0.4, 0.5) is 5.82 Å². The zero-order valence-corrected chi connectivity index (χ0v) is 9.16. The van der Waals surface area contributed by atoms with Crippen LogP contribution in [0.25, 0.3) is 0 Å². The molecule has 1 amide bonds. The molecule has 0 aromatic carbocycles. The molecule has 14 heavy (non-hydrogen) atoms. The van der Waals surface area contributed by atoms with E-state index in [0.717, 1.165) is 5.56 Å². The third-order valence-corrected chi connectivity index (χ3v) is 1.38. The number of nitrogens with zero attached hydrogens (tertiary/aromatic N) is 2. The largest absolute Gasteiger partial charge is 0.309 e. The second-order valence-electron chi connectivity index (χ2n) is 2.52. The lowest BCUT2D eigenvalue weighted by Gasteiger charge is -2.00. The van der Waals surface area contributed by atoms with Gasteiger partial charge in [-0.3, -0.25) is 4.79 Å². The number of hydrogen-bond donors (Lipinski definition) is 1. The van der Waals surface area contributed by atoms with Crippen LogP contribution in [0.1, 0.15) is 32.8 Å². The van der Waals surface area contributed by atoms with Crippen molar-refractivity contribution in [1.29, 1.82) is 0 Å². The van der Waals surface area contributed by atoms with Crippen LogP contribution in [0.15, 0.2) is 12.3 Å². The molecule has 0 saturated heterocycles. The highest BCUT2D eigenvalue weighted by molar-refractivity contribution is 5.89. The monoisotopic (exact) mass is 195 g/mol. The normalized spacial score (nSPS) is 8.57. The van der Waals surface area contributed by atoms with Gasteiger partial charge in [-0.05, 0) is 18.6 Å². The number of nitrogens with one attached hydrogen (secondary N) is 1. The minimum absolute atomic E-state index is 0.0464. The van der Waals surface area contributed by atoms with Gasteiger partial charge in [0.1, 0.15) is 0 Å². The Morgan fingerprint density at radius 3 is 2.64 bits per heavy atom. The molecule has 0 aliphatic rings. The Morgan fingerprint density at radius 2 is 2.14 bits per heavy atom. The summed E-state index contributed by atoms with van der Waals surface area (Å²) in [6.45, 7) is 7.69. The van der Waals surface area contributed by atoms with Crippen LogP contribution in [0.3, 0.4) is 0 Å². The zero-order valence-electron chi connectivity index (χ0n) is 9.16. The van der Waals surface area contributed by atoms with E-state index in [1.54, 1.807) is 19.2 Å². The first-order valence-electron chi connectivity index (χ1n) is 4.81. The van der Waals surface area contributed by atoms with Crippen LogP contribution in [-0.2, 0) is 4.79 Å². The van der Waals surface area contributed by atoms with Gasteiger partial charge >= 0.3 is 0 Å². The van der Waals surface area contributed by atoms with Crippen molar-refractivity contribution in [3.63, 3.8) is 0 Å². The SMILES string of the molecule is CC.CCC(=O)Nc1cc(C)cnn1. The van der Waals surface area contributed by atoms with Crippen molar-refractivity contribution in [2.45, 2.75) is 34.1 Å². The fraction of sp³-hybridized carbons (Fsp3) is 0.500. The average molecular weight is 195 g/mol. The predicted molar refractivity (Wildman–Crippen MR) is 57.0 cm³/mol. The number of aromatic nitrogens is 2. The Morgan fingerprint density at radius 1 is 1.50 bits per heavy atom. The molecule has 0 radical (unpaired) electrons. The van der Waals surface area contributed by atoms with E-state index < -0.39 is 0 Å². The summed E-state index contributed by atoms with van der Waals surface area (Å²) in [4.78, 5) is 10.9. The third-order valence-electron chi connectivity index (χ3n) is 1.38. The Bertz CT molecular complexity index is 286. The molecular formula is C10H17N3O. The van der Waals surface area contributed by atoms with Crippen molar-refractivity contribution in [2.75, 3.05) is 5.32 Å². The number of hydrogen-bond acceptors (Lipinski definition) is 3. The highest BCUT2D eigenvalue weighted by Crippen LogP contribution is 2.03. The summed E-state index contributed by atoms with van der Waals surface area (Å²) >= 11 is 0. The molecule has 0 aliphatic carbocycles. The van der Waals surface area contributed by atoms with Gasteiger partial charge in [0.25, 0.3) is 0 Å². The molecule has 0 spiro atoms. The van der Waals surface area contributed by atoms with E-state index in [1.807, 2.05) is 20.8 Å². The maximum Gasteiger partial charge on any atom is 0.225 e. The van der Waals surface area contributed by atoms with Gasteiger partial charge in [0.2, 0.25) is 5.91 Å². The molecular weight excluding hydrogens is 178 g/mol. The lowest BCUT2D eigenvalue weighted by molar-refractivity contribution is -0.115. The number of carbonyl (C=O) groups excluding carboxylic acids is 1. The topological polar surface area (TPSA) is 54.9 Å². The van der Waals surface area contributed by atoms with Gasteiger partial charge in [-0.15, -0.1) is 5.10 Å². The summed E-state index contributed by atoms with van der Waals surface area (Å²) in [5.74, 6) is 0.469. The first-order chi connectivity index (χ1) is 6.72. The van der Waals surface area contributed by atoms with Gasteiger partial charge in [-0.2, -0.15) is 5.10 Å². The zero-order chi connectivity index (χ0) is 11.0. The van der Waals surface area contributed by atoms with Crippen molar-refractivity contribution >= 4 is 11.7 Å². The lowest BCUT2D eigenvalue weighted by atomic mass is 10.3. The molecule has 0 unspecified atom stereocenters. The first-order valence-corrected chi connectivity index (χ1v) is 4.81. The molecule has 0 saturated carbocycles. The van der Waals surface area contributed by atoms with Crippen molar-refractivity contribution in [3.05, 3.63) is 17.8 Å². The predicted octanol–water partition coefficient (Wildman–Crippen LogP) is 2.16. The van der Waals surface area contributed by atoms with Gasteiger partial charge < -0.3 is 5.32 Å². The van der Waals surface area contributed by atoms with Crippen LogP contribution in [-0.4, -0.2) is 16.1 Å². The number of anilines is 1. The maximum absolute atomic E-state index is 10.9. The lowest BCUT2D eigenvalue weighted by Crippen LogP contribution is -2.11. The molecule has 0 aliphatic heterocycles. The molecule has 0 fully saturated rings. The van der Waals surface area contributed by atoms with Crippen LogP contribution >= 0.6 is 0 Å². The summed E-state index contributed by atoms with van der Waals surface area (Å²) in [5.41, 5.74) is 0.983. The van der Waals surface area contributed by atoms with E-state index in [2.05, 4.69) is 15.5 Å². The highest BCUT2D eigenvalue weighted by atomic mass is 16.1. The maximum atomic E-state index is 10.9. The highest BCUT2D eigenvalue weighted by Gasteiger charge is 1.99. The molecule has 0 atom stereocenters. The average Bonchev–Trinajstić information content (AvgIpc) is 2.21. The summed E-state index contributed by atoms with van der Waals surface area (Å²) in [5, 5.41) is 10.1. The molecule has 4 heteroatoms. The summed E-state index contributed by atoms with van der Waals surface area (Å²) in [6.07, 6.45) is 2.09. The molecule has 1 N–H and O–H groups in total. The van der Waals surface area contributed by atoms with Crippen LogP contribution in [0, 0.1) is 6.92 Å².